The Morgan fingerprint density at radius 1 is 1.44 bits per heavy atom. The molecule has 2 rings (SSSR count). The molecule has 1 fully saturated rings. The van der Waals surface area contributed by atoms with Gasteiger partial charge in [0.05, 0.1) is 15.6 Å². The van der Waals surface area contributed by atoms with Gasteiger partial charge in [0, 0.05) is 12.5 Å². The van der Waals surface area contributed by atoms with Gasteiger partial charge in [0.2, 0.25) is 0 Å². The minimum absolute atomic E-state index is 0.141. The quantitative estimate of drug-likeness (QED) is 0.812. The van der Waals surface area contributed by atoms with E-state index in [1.807, 2.05) is 13.0 Å². The molecule has 3 nitrogen and oxygen atoms in total. The third-order valence-corrected chi connectivity index (χ3v) is 4.82. The highest BCUT2D eigenvalue weighted by molar-refractivity contribution is 7.18. The molecule has 0 atom stereocenters. The van der Waals surface area contributed by atoms with Gasteiger partial charge in [-0.2, -0.15) is 0 Å². The first-order chi connectivity index (χ1) is 8.60. The van der Waals surface area contributed by atoms with Crippen LogP contribution in [0.4, 0.5) is 10.7 Å². The monoisotopic (exact) mass is 266 g/mol. The zero-order chi connectivity index (χ0) is 13.1. The molecule has 18 heavy (non-hydrogen) atoms. The maximum absolute atomic E-state index is 11.7. The molecule has 0 aliphatic heterocycles. The summed E-state index contributed by atoms with van der Waals surface area (Å²) in [5, 5.41) is 4.57. The van der Waals surface area contributed by atoms with Crippen molar-refractivity contribution in [1.82, 2.24) is 0 Å². The molecule has 1 heterocycles. The number of hydrogen-bond acceptors (Lipinski definition) is 4. The SMILES string of the molecule is CCC(=O)c1sc(NC2CCC(C)CC2)cc1N. The molecule has 1 aromatic heterocycles. The summed E-state index contributed by atoms with van der Waals surface area (Å²) in [6.45, 7) is 4.19. The summed E-state index contributed by atoms with van der Waals surface area (Å²) in [6.07, 6.45) is 5.54. The van der Waals surface area contributed by atoms with Gasteiger partial charge in [-0.3, -0.25) is 4.79 Å². The predicted octanol–water partition coefficient (Wildman–Crippen LogP) is 3.91. The summed E-state index contributed by atoms with van der Waals surface area (Å²) >= 11 is 1.50. The first kappa shape index (κ1) is 13.4. The van der Waals surface area contributed by atoms with Gasteiger partial charge in [-0.05, 0) is 37.7 Å². The second kappa shape index (κ2) is 5.74. The van der Waals surface area contributed by atoms with E-state index in [9.17, 15) is 4.79 Å². The van der Waals surface area contributed by atoms with Crippen LogP contribution in [0, 0.1) is 5.92 Å². The van der Waals surface area contributed by atoms with E-state index in [1.54, 1.807) is 0 Å². The van der Waals surface area contributed by atoms with Crippen molar-refractivity contribution in [2.24, 2.45) is 5.92 Å². The van der Waals surface area contributed by atoms with Crippen molar-refractivity contribution in [2.45, 2.75) is 52.0 Å². The molecule has 3 N–H and O–H groups in total. The number of nitrogen functional groups attached to an aromatic ring is 1. The molecule has 1 aromatic rings. The average Bonchev–Trinajstić information content (AvgIpc) is 2.72. The van der Waals surface area contributed by atoms with Crippen molar-refractivity contribution >= 4 is 27.8 Å². The Hall–Kier alpha value is -1.03. The highest BCUT2D eigenvalue weighted by Crippen LogP contribution is 2.33. The van der Waals surface area contributed by atoms with E-state index in [-0.39, 0.29) is 5.78 Å². The Bertz CT molecular complexity index is 419. The van der Waals surface area contributed by atoms with Crippen LogP contribution in [-0.2, 0) is 0 Å². The molecule has 0 amide bonds. The number of rotatable bonds is 4. The van der Waals surface area contributed by atoms with Gasteiger partial charge >= 0.3 is 0 Å². The highest BCUT2D eigenvalue weighted by Gasteiger charge is 2.19. The third-order valence-electron chi connectivity index (χ3n) is 3.70. The highest BCUT2D eigenvalue weighted by atomic mass is 32.1. The molecule has 1 saturated carbocycles. The Kier molecular flexibility index (Phi) is 4.27. The molecular weight excluding hydrogens is 244 g/mol. The lowest BCUT2D eigenvalue weighted by atomic mass is 9.87. The molecule has 0 saturated heterocycles. The van der Waals surface area contributed by atoms with Crippen molar-refractivity contribution in [3.05, 3.63) is 10.9 Å². The van der Waals surface area contributed by atoms with Gasteiger partial charge in [-0.15, -0.1) is 11.3 Å². The standard InChI is InChI=1S/C14H22N2OS/c1-3-12(17)14-11(15)8-13(18-14)16-10-6-4-9(2)5-7-10/h8-10,16H,3-7,15H2,1-2H3. The number of Topliss-reactive ketones (excluding diaryl/α,β-unsaturated/α-hetero) is 1. The number of hydrogen-bond donors (Lipinski definition) is 2. The van der Waals surface area contributed by atoms with E-state index in [0.717, 1.165) is 10.9 Å². The van der Waals surface area contributed by atoms with E-state index in [2.05, 4.69) is 12.2 Å². The normalized spacial score (nSPS) is 23.9. The molecule has 0 bridgehead atoms. The number of thiophene rings is 1. The predicted molar refractivity (Wildman–Crippen MR) is 78.4 cm³/mol. The fraction of sp³-hybridized carbons (Fsp3) is 0.643. The van der Waals surface area contributed by atoms with Crippen LogP contribution < -0.4 is 11.1 Å². The Morgan fingerprint density at radius 3 is 2.72 bits per heavy atom. The Balaban J connectivity index is 2.00. The van der Waals surface area contributed by atoms with Gasteiger partial charge in [0.1, 0.15) is 0 Å². The van der Waals surface area contributed by atoms with Crippen LogP contribution in [-0.4, -0.2) is 11.8 Å². The molecule has 4 heteroatoms. The van der Waals surface area contributed by atoms with Crippen molar-refractivity contribution in [3.8, 4) is 0 Å². The Labute approximate surface area is 113 Å². The lowest BCUT2D eigenvalue weighted by Crippen LogP contribution is -2.24. The van der Waals surface area contributed by atoms with Gasteiger partial charge < -0.3 is 11.1 Å². The van der Waals surface area contributed by atoms with Crippen LogP contribution in [0.25, 0.3) is 0 Å². The molecule has 0 spiro atoms. The zero-order valence-corrected chi connectivity index (χ0v) is 12.0. The molecule has 0 aromatic carbocycles. The van der Waals surface area contributed by atoms with Crippen molar-refractivity contribution in [1.29, 1.82) is 0 Å². The van der Waals surface area contributed by atoms with Crippen molar-refractivity contribution in [2.75, 3.05) is 11.1 Å². The van der Waals surface area contributed by atoms with Gasteiger partial charge in [-0.1, -0.05) is 13.8 Å². The zero-order valence-electron chi connectivity index (χ0n) is 11.2. The molecule has 100 valence electrons. The van der Waals surface area contributed by atoms with Crippen LogP contribution in [0.2, 0.25) is 0 Å². The summed E-state index contributed by atoms with van der Waals surface area (Å²) in [7, 11) is 0. The van der Waals surface area contributed by atoms with Crippen LogP contribution in [0.3, 0.4) is 0 Å². The second-order valence-corrected chi connectivity index (χ2v) is 6.33. The summed E-state index contributed by atoms with van der Waals surface area (Å²) in [6, 6.07) is 2.45. The number of ketones is 1. The molecule has 0 unspecified atom stereocenters. The fourth-order valence-corrected chi connectivity index (χ4v) is 3.53. The largest absolute Gasteiger partial charge is 0.397 e. The summed E-state index contributed by atoms with van der Waals surface area (Å²) in [4.78, 5) is 12.4. The summed E-state index contributed by atoms with van der Waals surface area (Å²) in [5.41, 5.74) is 6.52. The average molecular weight is 266 g/mol. The van der Waals surface area contributed by atoms with Gasteiger partial charge in [0.15, 0.2) is 5.78 Å². The number of nitrogens with one attached hydrogen (secondary N) is 1. The lowest BCUT2D eigenvalue weighted by molar-refractivity contribution is 0.0993. The minimum Gasteiger partial charge on any atom is -0.397 e. The van der Waals surface area contributed by atoms with Gasteiger partial charge in [-0.25, -0.2) is 0 Å². The molecule has 0 radical (unpaired) electrons. The number of carbonyl (C=O) groups excluding carboxylic acids is 1. The smallest absolute Gasteiger partial charge is 0.174 e. The summed E-state index contributed by atoms with van der Waals surface area (Å²) in [5.74, 6) is 0.997. The first-order valence-corrected chi connectivity index (χ1v) is 7.60. The van der Waals surface area contributed by atoms with Crippen LogP contribution in [0.15, 0.2) is 6.07 Å². The maximum atomic E-state index is 11.7. The number of anilines is 2. The summed E-state index contributed by atoms with van der Waals surface area (Å²) < 4.78 is 0. The molecule has 1 aliphatic rings. The fourth-order valence-electron chi connectivity index (χ4n) is 2.46. The van der Waals surface area contributed by atoms with Crippen molar-refractivity contribution in [3.63, 3.8) is 0 Å². The first-order valence-electron chi connectivity index (χ1n) is 6.79. The van der Waals surface area contributed by atoms with Crippen LogP contribution >= 0.6 is 11.3 Å². The number of carbonyl (C=O) groups is 1. The van der Waals surface area contributed by atoms with Crippen LogP contribution in [0.5, 0.6) is 0 Å². The van der Waals surface area contributed by atoms with E-state index in [4.69, 9.17) is 5.73 Å². The minimum atomic E-state index is 0.141. The maximum Gasteiger partial charge on any atom is 0.174 e. The van der Waals surface area contributed by atoms with Crippen molar-refractivity contribution < 1.29 is 4.79 Å². The topological polar surface area (TPSA) is 55.1 Å². The molecular formula is C14H22N2OS. The Morgan fingerprint density at radius 2 is 2.11 bits per heavy atom. The lowest BCUT2D eigenvalue weighted by Gasteiger charge is -2.27. The van der Waals surface area contributed by atoms with E-state index < -0.39 is 0 Å². The second-order valence-electron chi connectivity index (χ2n) is 5.27. The third kappa shape index (κ3) is 3.05. The number of nitrogens with two attached hydrogens (primary N) is 1. The van der Waals surface area contributed by atoms with Crippen LogP contribution in [0.1, 0.15) is 55.6 Å². The van der Waals surface area contributed by atoms with Gasteiger partial charge in [0.25, 0.3) is 0 Å². The molecule has 1 aliphatic carbocycles. The van der Waals surface area contributed by atoms with E-state index in [1.165, 1.54) is 37.0 Å². The van der Waals surface area contributed by atoms with E-state index in [0.29, 0.717) is 23.0 Å². The van der Waals surface area contributed by atoms with E-state index >= 15 is 0 Å².